The van der Waals surface area contributed by atoms with Gasteiger partial charge in [-0.15, -0.1) is 5.10 Å². The largest absolute Gasteiger partial charge is 0.348 e. The van der Waals surface area contributed by atoms with Crippen molar-refractivity contribution >= 4 is 12.0 Å². The second-order valence-electron chi connectivity index (χ2n) is 5.23. The van der Waals surface area contributed by atoms with Crippen LogP contribution >= 0.6 is 0 Å². The fourth-order valence-electron chi connectivity index (χ4n) is 1.92. The lowest BCUT2D eigenvalue weighted by molar-refractivity contribution is -0.117. The summed E-state index contributed by atoms with van der Waals surface area (Å²) in [7, 11) is 0. The van der Waals surface area contributed by atoms with Crippen LogP contribution in [0.4, 0.5) is 0 Å². The van der Waals surface area contributed by atoms with Crippen molar-refractivity contribution in [1.29, 1.82) is 0 Å². The minimum atomic E-state index is -0.0994. The summed E-state index contributed by atoms with van der Waals surface area (Å²) in [4.78, 5) is 12.0. The Balaban J connectivity index is 1.93. The third kappa shape index (κ3) is 4.87. The first-order valence-electron chi connectivity index (χ1n) is 7.03. The van der Waals surface area contributed by atoms with Gasteiger partial charge in [0.1, 0.15) is 0 Å². The van der Waals surface area contributed by atoms with Gasteiger partial charge in [-0.25, -0.2) is 0 Å². The molecule has 0 aliphatic heterocycles. The molecule has 1 aromatic heterocycles. The third-order valence-electron chi connectivity index (χ3n) is 3.21. The fraction of sp³-hybridized carbons (Fsp3) is 0.312. The van der Waals surface area contributed by atoms with Gasteiger partial charge in [0, 0.05) is 12.3 Å². The van der Waals surface area contributed by atoms with Crippen molar-refractivity contribution in [2.45, 2.75) is 26.4 Å². The van der Waals surface area contributed by atoms with Gasteiger partial charge in [0.25, 0.3) is 0 Å². The van der Waals surface area contributed by atoms with E-state index in [9.17, 15) is 4.79 Å². The monoisotopic (exact) mass is 284 g/mol. The van der Waals surface area contributed by atoms with Crippen LogP contribution in [0.2, 0.25) is 0 Å². The Labute approximate surface area is 124 Å². The predicted molar refractivity (Wildman–Crippen MR) is 82.3 cm³/mol. The van der Waals surface area contributed by atoms with Crippen molar-refractivity contribution in [2.75, 3.05) is 0 Å². The number of benzene rings is 1. The van der Waals surface area contributed by atoms with Gasteiger partial charge < -0.3 is 5.32 Å². The Kier molecular flexibility index (Phi) is 5.26. The molecule has 0 radical (unpaired) electrons. The molecule has 5 heteroatoms. The smallest absolute Gasteiger partial charge is 0.244 e. The molecule has 0 saturated carbocycles. The van der Waals surface area contributed by atoms with E-state index in [1.807, 2.05) is 36.4 Å². The van der Waals surface area contributed by atoms with Gasteiger partial charge in [-0.1, -0.05) is 49.4 Å². The quantitative estimate of drug-likeness (QED) is 0.827. The second kappa shape index (κ2) is 7.38. The second-order valence-corrected chi connectivity index (χ2v) is 5.23. The Bertz CT molecular complexity index is 576. The Morgan fingerprint density at radius 1 is 1.33 bits per heavy atom. The van der Waals surface area contributed by atoms with Crippen LogP contribution in [-0.2, 0) is 11.3 Å². The minimum absolute atomic E-state index is 0.0135. The summed E-state index contributed by atoms with van der Waals surface area (Å²) in [5.74, 6) is 0.209. The van der Waals surface area contributed by atoms with Gasteiger partial charge in [0.15, 0.2) is 0 Å². The van der Waals surface area contributed by atoms with Crippen LogP contribution in [0.15, 0.2) is 48.8 Å². The normalized spacial score (nSPS) is 12.7. The van der Waals surface area contributed by atoms with E-state index in [2.05, 4.69) is 29.5 Å². The van der Waals surface area contributed by atoms with Gasteiger partial charge in [-0.2, -0.15) is 0 Å². The molecule has 1 amide bonds. The summed E-state index contributed by atoms with van der Waals surface area (Å²) in [6, 6.07) is 9.76. The molecule has 0 bridgehead atoms. The van der Waals surface area contributed by atoms with Crippen LogP contribution < -0.4 is 5.32 Å². The number of carbonyl (C=O) groups excluding carboxylic acids is 1. The molecule has 21 heavy (non-hydrogen) atoms. The summed E-state index contributed by atoms with van der Waals surface area (Å²) in [6.45, 7) is 4.76. The molecule has 1 N–H and O–H groups in total. The first-order chi connectivity index (χ1) is 10.1. The Morgan fingerprint density at radius 2 is 2.10 bits per heavy atom. The van der Waals surface area contributed by atoms with Crippen LogP contribution in [-0.4, -0.2) is 26.9 Å². The lowest BCUT2D eigenvalue weighted by atomic mass is 10.0. The zero-order chi connectivity index (χ0) is 15.1. The van der Waals surface area contributed by atoms with E-state index in [1.165, 1.54) is 0 Å². The van der Waals surface area contributed by atoms with Gasteiger partial charge in [-0.05, 0) is 17.6 Å². The van der Waals surface area contributed by atoms with Crippen molar-refractivity contribution in [3.8, 4) is 0 Å². The zero-order valence-corrected chi connectivity index (χ0v) is 12.3. The van der Waals surface area contributed by atoms with E-state index in [-0.39, 0.29) is 11.9 Å². The van der Waals surface area contributed by atoms with Gasteiger partial charge in [0.2, 0.25) is 5.91 Å². The number of hydrogen-bond donors (Lipinski definition) is 1. The molecule has 1 atom stereocenters. The average molecular weight is 284 g/mol. The molecule has 110 valence electrons. The molecule has 1 aromatic carbocycles. The van der Waals surface area contributed by atoms with Crippen LogP contribution in [0, 0.1) is 5.92 Å². The molecule has 0 spiro atoms. The molecule has 0 fully saturated rings. The van der Waals surface area contributed by atoms with Crippen molar-refractivity contribution < 1.29 is 4.79 Å². The molecular weight excluding hydrogens is 264 g/mol. The molecule has 5 nitrogen and oxygen atoms in total. The maximum Gasteiger partial charge on any atom is 0.244 e. The minimum Gasteiger partial charge on any atom is -0.348 e. The summed E-state index contributed by atoms with van der Waals surface area (Å²) in [5.41, 5.74) is 1.00. The first kappa shape index (κ1) is 15.0. The summed E-state index contributed by atoms with van der Waals surface area (Å²) in [5, 5.41) is 10.7. The maximum atomic E-state index is 12.0. The third-order valence-corrected chi connectivity index (χ3v) is 3.21. The molecule has 2 rings (SSSR count). The van der Waals surface area contributed by atoms with Crippen LogP contribution in [0.25, 0.3) is 6.08 Å². The van der Waals surface area contributed by atoms with Crippen LogP contribution in [0.5, 0.6) is 0 Å². The SMILES string of the molecule is CC(C)[C@H](Cn1ccnn1)NC(=O)/C=C/c1ccccc1. The molecule has 1 heterocycles. The number of aromatic nitrogens is 3. The van der Waals surface area contributed by atoms with Crippen molar-refractivity contribution in [3.05, 3.63) is 54.4 Å². The molecule has 2 aromatic rings. The van der Waals surface area contributed by atoms with E-state index in [0.29, 0.717) is 12.5 Å². The summed E-state index contributed by atoms with van der Waals surface area (Å²) >= 11 is 0. The topological polar surface area (TPSA) is 59.8 Å². The lowest BCUT2D eigenvalue weighted by Crippen LogP contribution is -2.40. The highest BCUT2D eigenvalue weighted by Crippen LogP contribution is 2.05. The van der Waals surface area contributed by atoms with Gasteiger partial charge in [-0.3, -0.25) is 9.48 Å². The molecular formula is C16H20N4O. The number of carbonyl (C=O) groups is 1. The van der Waals surface area contributed by atoms with E-state index >= 15 is 0 Å². The molecule has 0 aliphatic carbocycles. The van der Waals surface area contributed by atoms with E-state index in [1.54, 1.807) is 23.2 Å². The highest BCUT2D eigenvalue weighted by Gasteiger charge is 2.15. The zero-order valence-electron chi connectivity index (χ0n) is 12.3. The van der Waals surface area contributed by atoms with Crippen molar-refractivity contribution in [3.63, 3.8) is 0 Å². The standard InChI is InChI=1S/C16H20N4O/c1-13(2)15(12-20-11-10-17-19-20)18-16(21)9-8-14-6-4-3-5-7-14/h3-11,13,15H,12H2,1-2H3,(H,18,21)/b9-8+/t15-/m0/s1. The highest BCUT2D eigenvalue weighted by molar-refractivity contribution is 5.91. The highest BCUT2D eigenvalue weighted by atomic mass is 16.1. The van der Waals surface area contributed by atoms with E-state index < -0.39 is 0 Å². The lowest BCUT2D eigenvalue weighted by Gasteiger charge is -2.21. The maximum absolute atomic E-state index is 12.0. The van der Waals surface area contributed by atoms with Crippen molar-refractivity contribution in [1.82, 2.24) is 20.3 Å². The van der Waals surface area contributed by atoms with Crippen LogP contribution in [0.3, 0.4) is 0 Å². The Morgan fingerprint density at radius 3 is 2.71 bits per heavy atom. The average Bonchev–Trinajstić information content (AvgIpc) is 2.98. The van der Waals surface area contributed by atoms with Gasteiger partial charge in [0.05, 0.1) is 18.8 Å². The summed E-state index contributed by atoms with van der Waals surface area (Å²) in [6.07, 6.45) is 6.80. The van der Waals surface area contributed by atoms with Crippen LogP contribution in [0.1, 0.15) is 19.4 Å². The number of amides is 1. The predicted octanol–water partition coefficient (Wildman–Crippen LogP) is 2.13. The number of nitrogens with one attached hydrogen (secondary N) is 1. The Hall–Kier alpha value is -2.43. The number of rotatable bonds is 6. The van der Waals surface area contributed by atoms with Gasteiger partial charge >= 0.3 is 0 Å². The van der Waals surface area contributed by atoms with E-state index in [0.717, 1.165) is 5.56 Å². The number of hydrogen-bond acceptors (Lipinski definition) is 3. The molecule has 0 saturated heterocycles. The van der Waals surface area contributed by atoms with Crippen molar-refractivity contribution in [2.24, 2.45) is 5.92 Å². The molecule has 0 aliphatic rings. The molecule has 0 unspecified atom stereocenters. The first-order valence-corrected chi connectivity index (χ1v) is 7.03. The van der Waals surface area contributed by atoms with E-state index in [4.69, 9.17) is 0 Å². The number of nitrogens with zero attached hydrogens (tertiary/aromatic N) is 3. The fourth-order valence-corrected chi connectivity index (χ4v) is 1.92. The summed E-state index contributed by atoms with van der Waals surface area (Å²) < 4.78 is 1.73.